The second-order valence-electron chi connectivity index (χ2n) is 6.18. The third kappa shape index (κ3) is 4.32. The molecule has 0 atom stereocenters. The molecule has 0 aliphatic heterocycles. The fourth-order valence-electron chi connectivity index (χ4n) is 3.00. The number of methoxy groups -OCH3 is 1. The van der Waals surface area contributed by atoms with Crippen LogP contribution in [0, 0.1) is 0 Å². The van der Waals surface area contributed by atoms with Crippen LogP contribution in [0.2, 0.25) is 5.02 Å². The Kier molecular flexibility index (Phi) is 5.73. The largest absolute Gasteiger partial charge is 0.495 e. The first-order valence-electron chi connectivity index (χ1n) is 8.48. The predicted molar refractivity (Wildman–Crippen MR) is 99.9 cm³/mol. The van der Waals surface area contributed by atoms with Crippen molar-refractivity contribution in [3.63, 3.8) is 0 Å². The molecule has 0 spiro atoms. The van der Waals surface area contributed by atoms with Gasteiger partial charge in [0.15, 0.2) is 0 Å². The van der Waals surface area contributed by atoms with E-state index >= 15 is 0 Å². The van der Waals surface area contributed by atoms with E-state index in [9.17, 15) is 9.59 Å². The lowest BCUT2D eigenvalue weighted by Gasteiger charge is -2.12. The zero-order valence-electron chi connectivity index (χ0n) is 14.4. The SMILES string of the molecule is COc1ccc(Cl)cc1NC(=O)c1ccnc(C(=O)NC2CCCC2)c1. The molecule has 0 bridgehead atoms. The summed E-state index contributed by atoms with van der Waals surface area (Å²) >= 11 is 5.98. The summed E-state index contributed by atoms with van der Waals surface area (Å²) in [5, 5.41) is 6.20. The van der Waals surface area contributed by atoms with E-state index in [0.29, 0.717) is 22.0 Å². The molecular formula is C19H20ClN3O3. The van der Waals surface area contributed by atoms with Crippen LogP contribution in [0.1, 0.15) is 46.5 Å². The Hall–Kier alpha value is -2.60. The number of halogens is 1. The van der Waals surface area contributed by atoms with Crippen molar-refractivity contribution in [2.75, 3.05) is 12.4 Å². The van der Waals surface area contributed by atoms with E-state index in [1.165, 1.54) is 19.4 Å². The average molecular weight is 374 g/mol. The monoisotopic (exact) mass is 373 g/mol. The van der Waals surface area contributed by atoms with Crippen molar-refractivity contribution in [3.05, 3.63) is 52.8 Å². The van der Waals surface area contributed by atoms with Gasteiger partial charge in [-0.05, 0) is 43.2 Å². The number of pyridine rings is 1. The maximum Gasteiger partial charge on any atom is 0.270 e. The van der Waals surface area contributed by atoms with Gasteiger partial charge >= 0.3 is 0 Å². The molecule has 0 radical (unpaired) electrons. The minimum atomic E-state index is -0.372. The Morgan fingerprint density at radius 3 is 2.65 bits per heavy atom. The van der Waals surface area contributed by atoms with Gasteiger partial charge < -0.3 is 15.4 Å². The predicted octanol–water partition coefficient (Wildman–Crippen LogP) is 3.67. The van der Waals surface area contributed by atoms with Crippen LogP contribution in [0.3, 0.4) is 0 Å². The zero-order valence-corrected chi connectivity index (χ0v) is 15.2. The highest BCUT2D eigenvalue weighted by molar-refractivity contribution is 6.31. The van der Waals surface area contributed by atoms with E-state index in [2.05, 4.69) is 15.6 Å². The van der Waals surface area contributed by atoms with Crippen molar-refractivity contribution in [2.45, 2.75) is 31.7 Å². The van der Waals surface area contributed by atoms with Gasteiger partial charge in [0.25, 0.3) is 11.8 Å². The number of anilines is 1. The number of carbonyl (C=O) groups excluding carboxylic acids is 2. The van der Waals surface area contributed by atoms with Gasteiger partial charge in [-0.1, -0.05) is 24.4 Å². The highest BCUT2D eigenvalue weighted by Gasteiger charge is 2.19. The molecule has 1 aliphatic rings. The number of amides is 2. The molecule has 0 unspecified atom stereocenters. The number of aromatic nitrogens is 1. The van der Waals surface area contributed by atoms with E-state index in [4.69, 9.17) is 16.3 Å². The zero-order chi connectivity index (χ0) is 18.5. The van der Waals surface area contributed by atoms with Crippen LogP contribution in [0.5, 0.6) is 5.75 Å². The molecule has 1 aromatic heterocycles. The van der Waals surface area contributed by atoms with Crippen LogP contribution in [0.4, 0.5) is 5.69 Å². The Morgan fingerprint density at radius 2 is 1.92 bits per heavy atom. The van der Waals surface area contributed by atoms with Gasteiger partial charge in [0, 0.05) is 22.8 Å². The fraction of sp³-hybridized carbons (Fsp3) is 0.316. The van der Waals surface area contributed by atoms with Crippen LogP contribution < -0.4 is 15.4 Å². The van der Waals surface area contributed by atoms with Crippen molar-refractivity contribution in [2.24, 2.45) is 0 Å². The van der Waals surface area contributed by atoms with Crippen LogP contribution in [0.15, 0.2) is 36.5 Å². The number of nitrogens with one attached hydrogen (secondary N) is 2. The summed E-state index contributed by atoms with van der Waals surface area (Å²) in [5.41, 5.74) is 1.01. The Morgan fingerprint density at radius 1 is 1.15 bits per heavy atom. The molecule has 7 heteroatoms. The summed E-state index contributed by atoms with van der Waals surface area (Å²) in [4.78, 5) is 29.0. The van der Waals surface area contributed by atoms with Crippen molar-refractivity contribution in [1.29, 1.82) is 0 Å². The number of benzene rings is 1. The Balaban J connectivity index is 1.74. The minimum absolute atomic E-state index is 0.192. The molecule has 2 N–H and O–H groups in total. The van der Waals surface area contributed by atoms with Gasteiger partial charge in [0.05, 0.1) is 12.8 Å². The molecule has 2 aromatic rings. The number of hydrogen-bond donors (Lipinski definition) is 2. The lowest BCUT2D eigenvalue weighted by atomic mass is 10.2. The molecule has 26 heavy (non-hydrogen) atoms. The topological polar surface area (TPSA) is 80.3 Å². The molecule has 6 nitrogen and oxygen atoms in total. The normalized spacial score (nSPS) is 14.1. The minimum Gasteiger partial charge on any atom is -0.495 e. The summed E-state index contributed by atoms with van der Waals surface area (Å²) in [6.45, 7) is 0. The standard InChI is InChI=1S/C19H20ClN3O3/c1-26-17-7-6-13(20)11-15(17)23-18(24)12-8-9-21-16(10-12)19(25)22-14-4-2-3-5-14/h6-11,14H,2-5H2,1H3,(H,22,25)(H,23,24). The molecular weight excluding hydrogens is 354 g/mol. The average Bonchev–Trinajstić information content (AvgIpc) is 3.15. The summed E-state index contributed by atoms with van der Waals surface area (Å²) in [5.74, 6) is -0.134. The van der Waals surface area contributed by atoms with Gasteiger partial charge in [-0.2, -0.15) is 0 Å². The molecule has 0 saturated heterocycles. The van der Waals surface area contributed by atoms with Gasteiger partial charge in [-0.3, -0.25) is 14.6 Å². The van der Waals surface area contributed by atoms with Crippen molar-refractivity contribution >= 4 is 29.1 Å². The van der Waals surface area contributed by atoms with Crippen LogP contribution in [0.25, 0.3) is 0 Å². The highest BCUT2D eigenvalue weighted by Crippen LogP contribution is 2.28. The van der Waals surface area contributed by atoms with E-state index in [-0.39, 0.29) is 23.6 Å². The summed E-state index contributed by atoms with van der Waals surface area (Å²) in [6, 6.07) is 8.18. The van der Waals surface area contributed by atoms with E-state index in [1.54, 1.807) is 24.3 Å². The van der Waals surface area contributed by atoms with E-state index < -0.39 is 0 Å². The lowest BCUT2D eigenvalue weighted by Crippen LogP contribution is -2.33. The lowest BCUT2D eigenvalue weighted by molar-refractivity contribution is 0.0933. The Bertz CT molecular complexity index is 819. The summed E-state index contributed by atoms with van der Waals surface area (Å²) < 4.78 is 5.22. The second-order valence-corrected chi connectivity index (χ2v) is 6.62. The number of carbonyl (C=O) groups is 2. The first-order chi connectivity index (χ1) is 12.6. The van der Waals surface area contributed by atoms with Gasteiger partial charge in [-0.25, -0.2) is 0 Å². The van der Waals surface area contributed by atoms with E-state index in [1.807, 2.05) is 0 Å². The number of nitrogens with zero attached hydrogens (tertiary/aromatic N) is 1. The molecule has 2 amide bonds. The third-order valence-electron chi connectivity index (χ3n) is 4.35. The maximum atomic E-state index is 12.5. The van der Waals surface area contributed by atoms with Crippen LogP contribution in [-0.4, -0.2) is 29.9 Å². The number of ether oxygens (including phenoxy) is 1. The molecule has 1 aromatic carbocycles. The quantitative estimate of drug-likeness (QED) is 0.838. The van der Waals surface area contributed by atoms with Gasteiger partial charge in [-0.15, -0.1) is 0 Å². The van der Waals surface area contributed by atoms with Crippen LogP contribution >= 0.6 is 11.6 Å². The maximum absolute atomic E-state index is 12.5. The van der Waals surface area contributed by atoms with E-state index in [0.717, 1.165) is 25.7 Å². The fourth-order valence-corrected chi connectivity index (χ4v) is 3.17. The van der Waals surface area contributed by atoms with Gasteiger partial charge in [0.1, 0.15) is 11.4 Å². The molecule has 1 saturated carbocycles. The molecule has 136 valence electrons. The molecule has 1 aliphatic carbocycles. The number of hydrogen-bond acceptors (Lipinski definition) is 4. The molecule has 3 rings (SSSR count). The number of rotatable bonds is 5. The first kappa shape index (κ1) is 18.2. The Labute approximate surface area is 156 Å². The van der Waals surface area contributed by atoms with Gasteiger partial charge in [0.2, 0.25) is 0 Å². The van der Waals surface area contributed by atoms with Crippen molar-refractivity contribution in [1.82, 2.24) is 10.3 Å². The molecule has 1 heterocycles. The second kappa shape index (κ2) is 8.19. The van der Waals surface area contributed by atoms with Crippen molar-refractivity contribution < 1.29 is 14.3 Å². The summed E-state index contributed by atoms with van der Waals surface area (Å²) in [7, 11) is 1.51. The van der Waals surface area contributed by atoms with Crippen molar-refractivity contribution in [3.8, 4) is 5.75 Å². The summed E-state index contributed by atoms with van der Waals surface area (Å²) in [6.07, 6.45) is 5.68. The third-order valence-corrected chi connectivity index (χ3v) is 4.59. The first-order valence-corrected chi connectivity index (χ1v) is 8.86. The smallest absolute Gasteiger partial charge is 0.270 e. The van der Waals surface area contributed by atoms with Crippen LogP contribution in [-0.2, 0) is 0 Å². The molecule has 1 fully saturated rings. The highest BCUT2D eigenvalue weighted by atomic mass is 35.5.